The summed E-state index contributed by atoms with van der Waals surface area (Å²) in [6, 6.07) is 10.2. The molecule has 2 heterocycles. The highest BCUT2D eigenvalue weighted by Gasteiger charge is 2.17. The molecular formula is C16H19NO3. The third-order valence-electron chi connectivity index (χ3n) is 3.69. The standard InChI is InChI=1S/C16H19NO3/c18-16(20-12-14-5-3-11-19-14)8-10-17-9-7-13-4-1-2-6-15(13)17/h1-2,4,6-7,9,14H,3,5,8,10-12H2. The van der Waals surface area contributed by atoms with Gasteiger partial charge in [0.1, 0.15) is 6.61 Å². The van der Waals surface area contributed by atoms with E-state index in [0.29, 0.717) is 19.6 Å². The Morgan fingerprint density at radius 3 is 3.10 bits per heavy atom. The van der Waals surface area contributed by atoms with E-state index in [4.69, 9.17) is 9.47 Å². The molecule has 1 saturated heterocycles. The smallest absolute Gasteiger partial charge is 0.307 e. The van der Waals surface area contributed by atoms with Crippen molar-refractivity contribution in [1.29, 1.82) is 0 Å². The molecule has 0 bridgehead atoms. The third-order valence-corrected chi connectivity index (χ3v) is 3.69. The van der Waals surface area contributed by atoms with Gasteiger partial charge in [0.05, 0.1) is 12.5 Å². The zero-order valence-electron chi connectivity index (χ0n) is 11.5. The van der Waals surface area contributed by atoms with Crippen LogP contribution in [0, 0.1) is 0 Å². The van der Waals surface area contributed by atoms with Gasteiger partial charge in [-0.1, -0.05) is 18.2 Å². The maximum absolute atomic E-state index is 11.7. The number of nitrogens with zero attached hydrogens (tertiary/aromatic N) is 1. The molecule has 1 atom stereocenters. The largest absolute Gasteiger partial charge is 0.463 e. The number of hydrogen-bond donors (Lipinski definition) is 0. The Bertz CT molecular complexity index is 584. The normalized spacial score (nSPS) is 18.5. The summed E-state index contributed by atoms with van der Waals surface area (Å²) in [6.45, 7) is 1.83. The molecule has 1 fully saturated rings. The molecule has 0 N–H and O–H groups in total. The summed E-state index contributed by atoms with van der Waals surface area (Å²) < 4.78 is 12.8. The molecule has 0 amide bonds. The van der Waals surface area contributed by atoms with Crippen LogP contribution in [0.25, 0.3) is 10.9 Å². The van der Waals surface area contributed by atoms with Crippen LogP contribution in [0.4, 0.5) is 0 Å². The van der Waals surface area contributed by atoms with Crippen LogP contribution in [0.3, 0.4) is 0 Å². The maximum atomic E-state index is 11.7. The highest BCUT2D eigenvalue weighted by atomic mass is 16.6. The van der Waals surface area contributed by atoms with Crippen molar-refractivity contribution in [2.45, 2.75) is 31.9 Å². The zero-order chi connectivity index (χ0) is 13.8. The van der Waals surface area contributed by atoms with Gasteiger partial charge in [-0.05, 0) is 30.4 Å². The molecule has 1 aromatic carbocycles. The molecule has 4 nitrogen and oxygen atoms in total. The number of aryl methyl sites for hydroxylation is 1. The molecule has 1 aliphatic heterocycles. The van der Waals surface area contributed by atoms with E-state index < -0.39 is 0 Å². The van der Waals surface area contributed by atoms with Crippen molar-refractivity contribution in [3.05, 3.63) is 36.5 Å². The highest BCUT2D eigenvalue weighted by Crippen LogP contribution is 2.16. The number of carbonyl (C=O) groups is 1. The Balaban J connectivity index is 1.49. The second-order valence-corrected chi connectivity index (χ2v) is 5.14. The molecule has 4 heteroatoms. The minimum Gasteiger partial charge on any atom is -0.463 e. The quantitative estimate of drug-likeness (QED) is 0.786. The second kappa shape index (κ2) is 6.09. The Hall–Kier alpha value is -1.81. The lowest BCUT2D eigenvalue weighted by atomic mass is 10.2. The molecule has 0 radical (unpaired) electrons. The van der Waals surface area contributed by atoms with Gasteiger partial charge < -0.3 is 14.0 Å². The molecule has 0 saturated carbocycles. The van der Waals surface area contributed by atoms with E-state index in [9.17, 15) is 4.79 Å². The number of para-hydroxylation sites is 1. The van der Waals surface area contributed by atoms with Gasteiger partial charge in [0.25, 0.3) is 0 Å². The summed E-state index contributed by atoms with van der Waals surface area (Å²) in [4.78, 5) is 11.7. The van der Waals surface area contributed by atoms with Gasteiger partial charge in [-0.2, -0.15) is 0 Å². The van der Waals surface area contributed by atoms with Gasteiger partial charge in [0, 0.05) is 24.9 Å². The average Bonchev–Trinajstić information content (AvgIpc) is 3.12. The van der Waals surface area contributed by atoms with E-state index in [-0.39, 0.29) is 12.1 Å². The maximum Gasteiger partial charge on any atom is 0.307 e. The molecule has 0 aliphatic carbocycles. The molecule has 0 spiro atoms. The molecule has 1 aliphatic rings. The van der Waals surface area contributed by atoms with Crippen LogP contribution in [-0.4, -0.2) is 29.9 Å². The molecular weight excluding hydrogens is 254 g/mol. The first kappa shape index (κ1) is 13.2. The van der Waals surface area contributed by atoms with Gasteiger partial charge in [-0.25, -0.2) is 0 Å². The highest BCUT2D eigenvalue weighted by molar-refractivity contribution is 5.80. The number of ether oxygens (including phenoxy) is 2. The topological polar surface area (TPSA) is 40.5 Å². The number of carbonyl (C=O) groups excluding carboxylic acids is 1. The summed E-state index contributed by atoms with van der Waals surface area (Å²) in [5.41, 5.74) is 1.15. The van der Waals surface area contributed by atoms with Crippen molar-refractivity contribution in [3.63, 3.8) is 0 Å². The molecule has 1 unspecified atom stereocenters. The Morgan fingerprint density at radius 2 is 2.25 bits per heavy atom. The SMILES string of the molecule is O=C(CCn1ccc2ccccc21)OCC1CCCO1. The first-order chi connectivity index (χ1) is 9.83. The van der Waals surface area contributed by atoms with Gasteiger partial charge in [0.15, 0.2) is 0 Å². The van der Waals surface area contributed by atoms with Gasteiger partial charge in [0.2, 0.25) is 0 Å². The predicted molar refractivity (Wildman–Crippen MR) is 76.5 cm³/mol. The lowest BCUT2D eigenvalue weighted by Crippen LogP contribution is -2.18. The van der Waals surface area contributed by atoms with E-state index >= 15 is 0 Å². The Morgan fingerprint density at radius 1 is 1.35 bits per heavy atom. The first-order valence-electron chi connectivity index (χ1n) is 7.14. The third kappa shape index (κ3) is 3.02. The first-order valence-corrected chi connectivity index (χ1v) is 7.14. The van der Waals surface area contributed by atoms with E-state index in [0.717, 1.165) is 25.0 Å². The summed E-state index contributed by atoms with van der Waals surface area (Å²) in [5.74, 6) is -0.154. The number of benzene rings is 1. The van der Waals surface area contributed by atoms with E-state index in [1.165, 1.54) is 5.39 Å². The molecule has 20 heavy (non-hydrogen) atoms. The number of esters is 1. The lowest BCUT2D eigenvalue weighted by Gasteiger charge is -2.10. The van der Waals surface area contributed by atoms with Gasteiger partial charge >= 0.3 is 5.97 Å². The summed E-state index contributed by atoms with van der Waals surface area (Å²) >= 11 is 0. The van der Waals surface area contributed by atoms with E-state index in [2.05, 4.69) is 22.8 Å². The van der Waals surface area contributed by atoms with Crippen molar-refractivity contribution in [1.82, 2.24) is 4.57 Å². The van der Waals surface area contributed by atoms with Crippen LogP contribution in [-0.2, 0) is 20.8 Å². The Kier molecular flexibility index (Phi) is 4.02. The molecule has 106 valence electrons. The predicted octanol–water partition coefficient (Wildman–Crippen LogP) is 2.75. The van der Waals surface area contributed by atoms with Gasteiger partial charge in [-0.3, -0.25) is 4.79 Å². The summed E-state index contributed by atoms with van der Waals surface area (Å²) in [5, 5.41) is 1.19. The average molecular weight is 273 g/mol. The number of fused-ring (bicyclic) bond motifs is 1. The van der Waals surface area contributed by atoms with Crippen molar-refractivity contribution in [3.8, 4) is 0 Å². The van der Waals surface area contributed by atoms with Crippen LogP contribution < -0.4 is 0 Å². The fourth-order valence-corrected chi connectivity index (χ4v) is 2.58. The minimum atomic E-state index is -0.154. The monoisotopic (exact) mass is 273 g/mol. The summed E-state index contributed by atoms with van der Waals surface area (Å²) in [7, 11) is 0. The van der Waals surface area contributed by atoms with E-state index in [1.54, 1.807) is 0 Å². The Labute approximate surface area is 118 Å². The molecule has 1 aromatic heterocycles. The summed E-state index contributed by atoms with van der Waals surface area (Å²) in [6.07, 6.45) is 4.57. The molecule has 2 aromatic rings. The second-order valence-electron chi connectivity index (χ2n) is 5.14. The number of rotatable bonds is 5. The van der Waals surface area contributed by atoms with Crippen molar-refractivity contribution in [2.75, 3.05) is 13.2 Å². The zero-order valence-corrected chi connectivity index (χ0v) is 11.5. The lowest BCUT2D eigenvalue weighted by molar-refractivity contribution is -0.147. The van der Waals surface area contributed by atoms with Crippen LogP contribution in [0.5, 0.6) is 0 Å². The van der Waals surface area contributed by atoms with E-state index in [1.807, 2.05) is 18.3 Å². The number of aromatic nitrogens is 1. The molecule has 3 rings (SSSR count). The van der Waals surface area contributed by atoms with Crippen LogP contribution >= 0.6 is 0 Å². The van der Waals surface area contributed by atoms with Crippen LogP contribution in [0.15, 0.2) is 36.5 Å². The van der Waals surface area contributed by atoms with Crippen LogP contribution in [0.1, 0.15) is 19.3 Å². The minimum absolute atomic E-state index is 0.103. The van der Waals surface area contributed by atoms with Gasteiger partial charge in [-0.15, -0.1) is 0 Å². The van der Waals surface area contributed by atoms with Crippen molar-refractivity contribution < 1.29 is 14.3 Å². The van der Waals surface area contributed by atoms with Crippen LogP contribution in [0.2, 0.25) is 0 Å². The van der Waals surface area contributed by atoms with Crippen molar-refractivity contribution >= 4 is 16.9 Å². The fraction of sp³-hybridized carbons (Fsp3) is 0.438. The fourth-order valence-electron chi connectivity index (χ4n) is 2.58. The van der Waals surface area contributed by atoms with Crippen molar-refractivity contribution in [2.24, 2.45) is 0 Å². The number of hydrogen-bond acceptors (Lipinski definition) is 3.